The van der Waals surface area contributed by atoms with Crippen molar-refractivity contribution >= 4 is 29.2 Å². The number of Topliss-reactive ketones (excluding diaryl/α,β-unsaturated/α-hetero) is 3. The van der Waals surface area contributed by atoms with Crippen molar-refractivity contribution < 1.29 is 76.8 Å². The van der Waals surface area contributed by atoms with Crippen LogP contribution in [0, 0.1) is 35.5 Å². The highest BCUT2D eigenvalue weighted by molar-refractivity contribution is 6.39. The number of fused-ring (bicyclic) bond motifs is 3. The van der Waals surface area contributed by atoms with Gasteiger partial charge in [-0.1, -0.05) is 71.1 Å². The fourth-order valence-electron chi connectivity index (χ4n) is 11.3. The Morgan fingerprint density at radius 1 is 0.840 bits per heavy atom. The van der Waals surface area contributed by atoms with Gasteiger partial charge in [0.2, 0.25) is 5.79 Å². The SMILES string of the molecule is COCCO[C@@H]1CC[C@@H](C[C@@H](C)[C@@H]2CC(=O)[C@H](C)/C=C(\C)[C@@H](O)[C@@H](OC)C(=O)[C@H](C)C[C@H](C)/C=C/C=C/C=C(\C)[C@@H](OC[C@H]3COCCO3)C[C@@H]3CC[C@@H](C)[C@@](O)(O3)C(=O)C(=O)N3CCCC[C@H]3C(=O)O2)C[C@H]1OC. The van der Waals surface area contributed by atoms with Gasteiger partial charge in [0.1, 0.15) is 36.2 Å². The lowest BCUT2D eigenvalue weighted by atomic mass is 9.78. The van der Waals surface area contributed by atoms with Crippen LogP contribution in [0.2, 0.25) is 0 Å². The molecule has 1 amide bonds. The van der Waals surface area contributed by atoms with Gasteiger partial charge >= 0.3 is 5.97 Å². The maximum absolute atomic E-state index is 14.6. The number of rotatable bonds is 12. The summed E-state index contributed by atoms with van der Waals surface area (Å²) in [7, 11) is 4.68. The van der Waals surface area contributed by atoms with E-state index in [1.165, 1.54) is 12.0 Å². The summed E-state index contributed by atoms with van der Waals surface area (Å²) in [5, 5.41) is 23.8. The molecular formula is C58H91NO16. The monoisotopic (exact) mass is 1060 g/mol. The van der Waals surface area contributed by atoms with E-state index in [9.17, 15) is 34.2 Å². The van der Waals surface area contributed by atoms with E-state index in [0.29, 0.717) is 83.6 Å². The molecule has 0 radical (unpaired) electrons. The molecule has 0 unspecified atom stereocenters. The Morgan fingerprint density at radius 2 is 1.61 bits per heavy atom. The van der Waals surface area contributed by atoms with E-state index in [1.807, 2.05) is 58.1 Å². The predicted octanol–water partition coefficient (Wildman–Crippen LogP) is 6.64. The molecule has 17 nitrogen and oxygen atoms in total. The average Bonchev–Trinajstić information content (AvgIpc) is 3.40. The van der Waals surface area contributed by atoms with Crippen molar-refractivity contribution in [2.45, 2.75) is 186 Å². The van der Waals surface area contributed by atoms with E-state index >= 15 is 0 Å². The van der Waals surface area contributed by atoms with E-state index in [1.54, 1.807) is 41.1 Å². The van der Waals surface area contributed by atoms with E-state index < -0.39 is 77.8 Å². The Hall–Kier alpha value is -3.49. The molecule has 4 fully saturated rings. The molecule has 0 aromatic carbocycles. The molecule has 424 valence electrons. The minimum absolute atomic E-state index is 0.00616. The lowest BCUT2D eigenvalue weighted by Crippen LogP contribution is -2.61. The van der Waals surface area contributed by atoms with Crippen molar-refractivity contribution in [3.8, 4) is 0 Å². The second-order valence-corrected chi connectivity index (χ2v) is 22.1. The van der Waals surface area contributed by atoms with E-state index in [2.05, 4.69) is 0 Å². The first-order valence-corrected chi connectivity index (χ1v) is 27.7. The summed E-state index contributed by atoms with van der Waals surface area (Å²) in [5.74, 6) is -8.06. The van der Waals surface area contributed by atoms with Crippen LogP contribution in [0.3, 0.4) is 0 Å². The van der Waals surface area contributed by atoms with Gasteiger partial charge in [0.05, 0.1) is 64.1 Å². The number of esters is 1. The van der Waals surface area contributed by atoms with Gasteiger partial charge < -0.3 is 57.7 Å². The molecule has 2 N–H and O–H groups in total. The molecule has 1 aliphatic carbocycles. The molecule has 2 bridgehead atoms. The number of amides is 1. The van der Waals surface area contributed by atoms with Crippen LogP contribution in [0.25, 0.3) is 0 Å². The minimum atomic E-state index is -2.48. The number of methoxy groups -OCH3 is 3. The van der Waals surface area contributed by atoms with Crippen LogP contribution >= 0.6 is 0 Å². The lowest BCUT2D eigenvalue weighted by molar-refractivity contribution is -0.266. The van der Waals surface area contributed by atoms with Crippen molar-refractivity contribution in [3.63, 3.8) is 0 Å². The molecule has 75 heavy (non-hydrogen) atoms. The smallest absolute Gasteiger partial charge is 0.329 e. The first kappa shape index (κ1) is 62.4. The van der Waals surface area contributed by atoms with Gasteiger partial charge in [0.15, 0.2) is 5.78 Å². The van der Waals surface area contributed by atoms with Gasteiger partial charge in [-0.05, 0) is 107 Å². The molecular weight excluding hydrogens is 967 g/mol. The third-order valence-electron chi connectivity index (χ3n) is 16.2. The number of hydrogen-bond donors (Lipinski definition) is 2. The molecule has 0 spiro atoms. The van der Waals surface area contributed by atoms with Gasteiger partial charge in [-0.3, -0.25) is 19.2 Å². The Kier molecular flexibility index (Phi) is 25.4. The van der Waals surface area contributed by atoms with Crippen molar-refractivity contribution in [2.24, 2.45) is 35.5 Å². The number of hydrogen-bond acceptors (Lipinski definition) is 16. The molecule has 17 heteroatoms. The zero-order valence-corrected chi connectivity index (χ0v) is 46.6. The lowest BCUT2D eigenvalue weighted by Gasteiger charge is -2.43. The van der Waals surface area contributed by atoms with Gasteiger partial charge in [0, 0.05) is 58.5 Å². The zero-order valence-electron chi connectivity index (χ0n) is 46.6. The molecule has 1 saturated carbocycles. The first-order chi connectivity index (χ1) is 35.8. The van der Waals surface area contributed by atoms with E-state index in [4.69, 9.17) is 42.6 Å². The summed E-state index contributed by atoms with van der Waals surface area (Å²) < 4.78 is 53.4. The fraction of sp³-hybridized carbons (Fsp3) is 0.776. The fourth-order valence-corrected chi connectivity index (χ4v) is 11.3. The summed E-state index contributed by atoms with van der Waals surface area (Å²) in [5.41, 5.74) is 1.24. The topological polar surface area (TPSA) is 212 Å². The van der Waals surface area contributed by atoms with Crippen molar-refractivity contribution in [1.82, 2.24) is 4.90 Å². The number of cyclic esters (lactones) is 1. The summed E-state index contributed by atoms with van der Waals surface area (Å²) in [6.07, 6.45) is 11.7. The molecule has 4 heterocycles. The maximum Gasteiger partial charge on any atom is 0.329 e. The first-order valence-electron chi connectivity index (χ1n) is 27.7. The number of carbonyl (C=O) groups excluding carboxylic acids is 5. The summed E-state index contributed by atoms with van der Waals surface area (Å²) in [6.45, 7) is 15.3. The Morgan fingerprint density at radius 3 is 2.32 bits per heavy atom. The minimum Gasteiger partial charge on any atom is -0.460 e. The summed E-state index contributed by atoms with van der Waals surface area (Å²) in [4.78, 5) is 73.0. The molecule has 5 rings (SSSR count). The van der Waals surface area contributed by atoms with Crippen LogP contribution in [0.4, 0.5) is 0 Å². The third-order valence-corrected chi connectivity index (χ3v) is 16.2. The largest absolute Gasteiger partial charge is 0.460 e. The standard InChI is InChI=1S/C58H91NO16/c1-36-16-12-11-13-17-37(2)49(73-35-45-34-70-25-27-71-45)32-44-21-19-42(7)58(66,75-44)55(63)56(64)59-23-15-14-18-46(59)57(65)74-50(39(4)30-43-20-22-48(51(31-43)68-9)72-26-24-67-8)33-47(60)38(3)29-41(6)53(62)54(69-10)52(61)40(5)28-36/h11-13,16-17,29,36,38-40,42-46,48-51,53-54,62,66H,14-15,18-28,30-35H2,1-10H3/b13-11+,16-12+,37-17+,41-29+/t36-,38-,39-,40-,42-,43+,44+,45-,46+,48-,49+,50+,51-,53-,54+,58-/m1/s1. The average molecular weight is 1060 g/mol. The Balaban J connectivity index is 1.47. The van der Waals surface area contributed by atoms with E-state index in [-0.39, 0.29) is 80.0 Å². The molecule has 0 aromatic heterocycles. The normalized spacial score (nSPS) is 38.8. The van der Waals surface area contributed by atoms with Crippen LogP contribution in [-0.4, -0.2) is 173 Å². The predicted molar refractivity (Wildman–Crippen MR) is 280 cm³/mol. The highest BCUT2D eigenvalue weighted by atomic mass is 16.6. The number of carbonyl (C=O) groups is 5. The van der Waals surface area contributed by atoms with Crippen LogP contribution in [0.5, 0.6) is 0 Å². The second kappa shape index (κ2) is 30.6. The Bertz CT molecular complexity index is 1980. The van der Waals surface area contributed by atoms with Gasteiger partial charge in [-0.2, -0.15) is 0 Å². The Labute approximate surface area is 446 Å². The van der Waals surface area contributed by atoms with Crippen LogP contribution in [0.1, 0.15) is 126 Å². The summed E-state index contributed by atoms with van der Waals surface area (Å²) >= 11 is 0. The highest BCUT2D eigenvalue weighted by Gasteiger charge is 2.53. The van der Waals surface area contributed by atoms with E-state index in [0.717, 1.165) is 18.4 Å². The number of aliphatic hydroxyl groups is 2. The van der Waals surface area contributed by atoms with Crippen LogP contribution < -0.4 is 0 Å². The summed E-state index contributed by atoms with van der Waals surface area (Å²) in [6, 6.07) is -1.16. The molecule has 3 saturated heterocycles. The molecule has 16 atom stereocenters. The van der Waals surface area contributed by atoms with Crippen molar-refractivity contribution in [2.75, 3.05) is 67.5 Å². The number of ketones is 3. The molecule has 4 aliphatic heterocycles. The molecule has 5 aliphatic rings. The zero-order chi connectivity index (χ0) is 54.8. The number of allylic oxidation sites excluding steroid dienone is 6. The second-order valence-electron chi connectivity index (χ2n) is 22.1. The highest BCUT2D eigenvalue weighted by Crippen LogP contribution is 2.38. The number of ether oxygens (including phenoxy) is 9. The van der Waals surface area contributed by atoms with Crippen LogP contribution in [0.15, 0.2) is 47.6 Å². The molecule has 0 aromatic rings. The number of aliphatic hydroxyl groups excluding tert-OH is 1. The third kappa shape index (κ3) is 17.8. The van der Waals surface area contributed by atoms with Crippen LogP contribution in [-0.2, 0) is 66.6 Å². The van der Waals surface area contributed by atoms with Gasteiger partial charge in [-0.15, -0.1) is 0 Å². The quantitative estimate of drug-likeness (QED) is 0.0908. The number of piperidine rings is 1. The number of nitrogens with zero attached hydrogens (tertiary/aromatic N) is 1. The van der Waals surface area contributed by atoms with Crippen molar-refractivity contribution in [3.05, 3.63) is 47.6 Å². The van der Waals surface area contributed by atoms with Gasteiger partial charge in [-0.25, -0.2) is 4.79 Å². The maximum atomic E-state index is 14.6. The van der Waals surface area contributed by atoms with Gasteiger partial charge in [0.25, 0.3) is 11.7 Å². The van der Waals surface area contributed by atoms with Crippen molar-refractivity contribution in [1.29, 1.82) is 0 Å².